The fourth-order valence-corrected chi connectivity index (χ4v) is 0. The Morgan fingerprint density at radius 3 is 1.08 bits per heavy atom. The molecule has 80 valence electrons. The van der Waals surface area contributed by atoms with Crippen molar-refractivity contribution in [3.63, 3.8) is 0 Å². The van der Waals surface area contributed by atoms with E-state index >= 15 is 0 Å². The maximum Gasteiger partial charge on any atom is 0.631 e. The van der Waals surface area contributed by atoms with Gasteiger partial charge in [-0.05, 0) is 6.92 Å². The van der Waals surface area contributed by atoms with Crippen LogP contribution in [0.15, 0.2) is 0 Å². The van der Waals surface area contributed by atoms with Crippen molar-refractivity contribution < 1.29 is 35.3 Å². The number of hydrogen-bond acceptors (Lipinski definition) is 8. The number of nitrogens with two attached hydrogens (primary N) is 1. The molecule has 0 rings (SSSR count). The van der Waals surface area contributed by atoms with Gasteiger partial charge in [-0.25, -0.2) is 0 Å². The molecular weight excluding hydrogens is 184 g/mol. The maximum atomic E-state index is 8.24. The molecule has 0 aliphatic heterocycles. The fraction of sp³-hybridized carbons (Fsp3) is 1.00. The van der Waals surface area contributed by atoms with Crippen molar-refractivity contribution in [1.82, 2.24) is 0 Å². The van der Waals surface area contributed by atoms with Crippen molar-refractivity contribution in [2.75, 3.05) is 6.54 Å². The van der Waals surface area contributed by atoms with E-state index in [1.165, 1.54) is 0 Å². The maximum absolute atomic E-state index is 8.24. The van der Waals surface area contributed by atoms with Crippen LogP contribution < -0.4 is 5.73 Å². The topological polar surface area (TPSA) is 168 Å². The first kappa shape index (κ1) is 18.6. The van der Waals surface area contributed by atoms with E-state index in [0.29, 0.717) is 6.54 Å². The summed E-state index contributed by atoms with van der Waals surface area (Å²) in [4.78, 5) is 0. The Labute approximate surface area is 76.2 Å². The van der Waals surface area contributed by atoms with Crippen molar-refractivity contribution >= 4 is 14.6 Å². The molecule has 13 heavy (non-hydrogen) atoms. The zero-order chi connectivity index (χ0) is 11.4. The molecular formula is C3H15B2NO7. The Balaban J connectivity index is -0.000000117. The lowest BCUT2D eigenvalue weighted by molar-refractivity contribution is 0.203. The molecule has 0 heterocycles. The van der Waals surface area contributed by atoms with Gasteiger partial charge in [0.05, 0.1) is 6.10 Å². The van der Waals surface area contributed by atoms with Gasteiger partial charge in [0.25, 0.3) is 0 Å². The summed E-state index contributed by atoms with van der Waals surface area (Å²) in [5, 5.41) is 51.2. The summed E-state index contributed by atoms with van der Waals surface area (Å²) in [6.07, 6.45) is -0.338. The lowest BCUT2D eigenvalue weighted by Crippen LogP contribution is -2.14. The molecule has 0 radical (unpaired) electrons. The largest absolute Gasteiger partial charge is 0.631 e. The standard InChI is InChI=1S/C3H9NO.2BH3O3/c1-3(5)2-4;2*2-1(3)4/h3,5H,2,4H2,1H3;2*2-4H. The smallest absolute Gasteiger partial charge is 0.402 e. The van der Waals surface area contributed by atoms with Crippen LogP contribution >= 0.6 is 0 Å². The highest BCUT2D eigenvalue weighted by Gasteiger charge is 1.93. The molecule has 0 saturated carbocycles. The average molecular weight is 199 g/mol. The SMILES string of the molecule is CC(O)CN.OB(O)O.OB(O)O. The van der Waals surface area contributed by atoms with E-state index in [1.54, 1.807) is 6.92 Å². The summed E-state index contributed by atoms with van der Waals surface area (Å²) in [6, 6.07) is 0. The Bertz CT molecular complexity index is 70.6. The van der Waals surface area contributed by atoms with E-state index in [1.807, 2.05) is 0 Å². The quantitative estimate of drug-likeness (QED) is 0.194. The first-order valence-electron chi connectivity index (χ1n) is 3.20. The van der Waals surface area contributed by atoms with Crippen molar-refractivity contribution in [3.8, 4) is 0 Å². The van der Waals surface area contributed by atoms with Crippen LogP contribution in [0.4, 0.5) is 0 Å². The lowest BCUT2D eigenvalue weighted by Gasteiger charge is -1.91. The second-order valence-electron chi connectivity index (χ2n) is 1.78. The third-order valence-electron chi connectivity index (χ3n) is 0.341. The summed E-state index contributed by atoms with van der Waals surface area (Å²) in [5.41, 5.74) is 4.92. The molecule has 0 aliphatic rings. The second-order valence-corrected chi connectivity index (χ2v) is 1.78. The number of rotatable bonds is 1. The van der Waals surface area contributed by atoms with Crippen LogP contribution in [-0.4, -0.2) is 62.5 Å². The van der Waals surface area contributed by atoms with Gasteiger partial charge in [-0.15, -0.1) is 0 Å². The van der Waals surface area contributed by atoms with Crippen molar-refractivity contribution in [1.29, 1.82) is 0 Å². The van der Waals surface area contributed by atoms with Crippen molar-refractivity contribution in [2.24, 2.45) is 5.73 Å². The van der Waals surface area contributed by atoms with E-state index in [0.717, 1.165) is 0 Å². The summed E-state index contributed by atoms with van der Waals surface area (Å²) in [6.45, 7) is 2.01. The Kier molecular flexibility index (Phi) is 20.5. The highest BCUT2D eigenvalue weighted by molar-refractivity contribution is 6.30. The minimum atomic E-state index is -2.17. The molecule has 8 nitrogen and oxygen atoms in total. The predicted molar refractivity (Wildman–Crippen MR) is 45.6 cm³/mol. The van der Waals surface area contributed by atoms with E-state index in [9.17, 15) is 0 Å². The number of hydrogen-bond donors (Lipinski definition) is 8. The molecule has 0 saturated heterocycles. The Hall–Kier alpha value is -0.190. The van der Waals surface area contributed by atoms with Crippen molar-refractivity contribution in [2.45, 2.75) is 13.0 Å². The molecule has 0 aromatic heterocycles. The molecule has 1 unspecified atom stereocenters. The van der Waals surface area contributed by atoms with Crippen LogP contribution in [0.1, 0.15) is 6.92 Å². The first-order chi connectivity index (χ1) is 5.73. The predicted octanol–water partition coefficient (Wildman–Crippen LogP) is -4.78. The molecule has 0 amide bonds. The first-order valence-corrected chi connectivity index (χ1v) is 3.20. The third-order valence-corrected chi connectivity index (χ3v) is 0.341. The zero-order valence-electron chi connectivity index (χ0n) is 7.15. The number of aliphatic hydroxyl groups excluding tert-OH is 1. The van der Waals surface area contributed by atoms with Crippen LogP contribution in [0.3, 0.4) is 0 Å². The highest BCUT2D eigenvalue weighted by Crippen LogP contribution is 1.65. The zero-order valence-corrected chi connectivity index (χ0v) is 7.15. The van der Waals surface area contributed by atoms with Crippen LogP contribution in [0, 0.1) is 0 Å². The van der Waals surface area contributed by atoms with Crippen LogP contribution in [-0.2, 0) is 0 Å². The molecule has 0 aliphatic carbocycles. The van der Waals surface area contributed by atoms with Crippen LogP contribution in [0.2, 0.25) is 0 Å². The molecule has 1 atom stereocenters. The van der Waals surface area contributed by atoms with Gasteiger partial charge in [0.2, 0.25) is 0 Å². The Morgan fingerprint density at radius 2 is 1.08 bits per heavy atom. The minimum absolute atomic E-state index is 0.338. The van der Waals surface area contributed by atoms with Crippen LogP contribution in [0.25, 0.3) is 0 Å². The monoisotopic (exact) mass is 199 g/mol. The Morgan fingerprint density at radius 1 is 1.00 bits per heavy atom. The molecule has 10 heteroatoms. The second kappa shape index (κ2) is 14.3. The summed E-state index contributed by atoms with van der Waals surface area (Å²) in [7, 11) is -4.33. The normalized spacial score (nSPS) is 9.92. The molecule has 0 bridgehead atoms. The van der Waals surface area contributed by atoms with Crippen molar-refractivity contribution in [3.05, 3.63) is 0 Å². The van der Waals surface area contributed by atoms with Gasteiger partial charge in [-0.2, -0.15) is 0 Å². The molecule has 0 aromatic rings. The van der Waals surface area contributed by atoms with Gasteiger partial charge >= 0.3 is 14.6 Å². The van der Waals surface area contributed by atoms with Gasteiger partial charge in [-0.3, -0.25) is 0 Å². The third kappa shape index (κ3) is 347. The van der Waals surface area contributed by atoms with E-state index in [-0.39, 0.29) is 6.10 Å². The minimum Gasteiger partial charge on any atom is -0.402 e. The van der Waals surface area contributed by atoms with E-state index in [2.05, 4.69) is 0 Å². The number of aliphatic hydroxyl groups is 1. The summed E-state index contributed by atoms with van der Waals surface area (Å²) < 4.78 is 0. The lowest BCUT2D eigenvalue weighted by atomic mass is 10.3. The average Bonchev–Trinajstić information content (AvgIpc) is 1.84. The van der Waals surface area contributed by atoms with Gasteiger partial charge in [0.1, 0.15) is 0 Å². The molecule has 0 aromatic carbocycles. The van der Waals surface area contributed by atoms with Gasteiger partial charge < -0.3 is 41.0 Å². The van der Waals surface area contributed by atoms with Gasteiger partial charge in [-0.1, -0.05) is 0 Å². The van der Waals surface area contributed by atoms with E-state index < -0.39 is 14.6 Å². The van der Waals surface area contributed by atoms with Crippen LogP contribution in [0.5, 0.6) is 0 Å². The molecule has 0 spiro atoms. The summed E-state index contributed by atoms with van der Waals surface area (Å²) in [5.74, 6) is 0. The molecule has 9 N–H and O–H groups in total. The van der Waals surface area contributed by atoms with Gasteiger partial charge in [0, 0.05) is 6.54 Å². The summed E-state index contributed by atoms with van der Waals surface area (Å²) >= 11 is 0. The molecule has 0 fully saturated rings. The van der Waals surface area contributed by atoms with Gasteiger partial charge in [0.15, 0.2) is 0 Å². The highest BCUT2D eigenvalue weighted by atomic mass is 16.5. The fourth-order valence-electron chi connectivity index (χ4n) is 0. The van der Waals surface area contributed by atoms with E-state index in [4.69, 9.17) is 41.0 Å².